The molecule has 0 atom stereocenters. The molecule has 7 nitrogen and oxygen atoms in total. The number of halogens is 1. The van der Waals surface area contributed by atoms with Gasteiger partial charge in [-0.3, -0.25) is 9.59 Å². The molecule has 0 bridgehead atoms. The molecule has 8 heteroatoms. The van der Waals surface area contributed by atoms with Crippen LogP contribution in [0.2, 0.25) is 5.02 Å². The Hall–Kier alpha value is -3.32. The number of aromatic nitrogens is 2. The number of nitrogens with zero attached hydrogens (tertiary/aromatic N) is 3. The fourth-order valence-electron chi connectivity index (χ4n) is 3.00. The Morgan fingerprint density at radius 3 is 2.42 bits per heavy atom. The lowest BCUT2D eigenvalue weighted by atomic mass is 10.2. The number of amides is 2. The standard InChI is InChI=1S/C23H26ClN5O2/c1-28(2)20-11-5-17(6-12-20)16-29-21(13-15-26-29)27-22(30)4-3-14-25-23(31)18-7-9-19(24)10-8-18/h5-13,15H,3-4,14,16H2,1-2H3,(H,25,31)(H,27,30). The minimum atomic E-state index is -0.185. The molecule has 31 heavy (non-hydrogen) atoms. The number of nitrogens with one attached hydrogen (secondary N) is 2. The maximum Gasteiger partial charge on any atom is 0.251 e. The van der Waals surface area contributed by atoms with Crippen LogP contribution in [0.25, 0.3) is 0 Å². The smallest absolute Gasteiger partial charge is 0.251 e. The summed E-state index contributed by atoms with van der Waals surface area (Å²) >= 11 is 5.83. The highest BCUT2D eigenvalue weighted by atomic mass is 35.5. The van der Waals surface area contributed by atoms with E-state index in [4.69, 9.17) is 11.6 Å². The zero-order chi connectivity index (χ0) is 22.2. The summed E-state index contributed by atoms with van der Waals surface area (Å²) in [6.45, 7) is 0.972. The normalized spacial score (nSPS) is 10.5. The fourth-order valence-corrected chi connectivity index (χ4v) is 3.12. The van der Waals surface area contributed by atoms with E-state index >= 15 is 0 Å². The largest absolute Gasteiger partial charge is 0.378 e. The van der Waals surface area contributed by atoms with Gasteiger partial charge in [0.2, 0.25) is 5.91 Å². The van der Waals surface area contributed by atoms with Gasteiger partial charge in [-0.1, -0.05) is 23.7 Å². The van der Waals surface area contributed by atoms with Gasteiger partial charge in [0.25, 0.3) is 5.91 Å². The van der Waals surface area contributed by atoms with Gasteiger partial charge < -0.3 is 15.5 Å². The Balaban J connectivity index is 1.44. The third kappa shape index (κ3) is 6.58. The van der Waals surface area contributed by atoms with E-state index in [0.717, 1.165) is 11.3 Å². The lowest BCUT2D eigenvalue weighted by Crippen LogP contribution is -2.25. The highest BCUT2D eigenvalue weighted by molar-refractivity contribution is 6.30. The highest BCUT2D eigenvalue weighted by Gasteiger charge is 2.09. The summed E-state index contributed by atoms with van der Waals surface area (Å²) in [5.74, 6) is 0.341. The van der Waals surface area contributed by atoms with Crippen LogP contribution in [0.1, 0.15) is 28.8 Å². The summed E-state index contributed by atoms with van der Waals surface area (Å²) in [5, 5.41) is 10.6. The number of rotatable bonds is 9. The second kappa shape index (κ2) is 10.6. The molecule has 0 aliphatic heterocycles. The van der Waals surface area contributed by atoms with E-state index in [-0.39, 0.29) is 11.8 Å². The van der Waals surface area contributed by atoms with E-state index < -0.39 is 0 Å². The number of hydrogen-bond donors (Lipinski definition) is 2. The van der Waals surface area contributed by atoms with Gasteiger partial charge in [0.15, 0.2) is 0 Å². The van der Waals surface area contributed by atoms with Crippen molar-refractivity contribution in [1.29, 1.82) is 0 Å². The van der Waals surface area contributed by atoms with Crippen molar-refractivity contribution in [3.63, 3.8) is 0 Å². The third-order valence-corrected chi connectivity index (χ3v) is 4.99. The Morgan fingerprint density at radius 1 is 1.03 bits per heavy atom. The van der Waals surface area contributed by atoms with Gasteiger partial charge in [0.05, 0.1) is 12.7 Å². The molecule has 0 radical (unpaired) electrons. The van der Waals surface area contributed by atoms with Gasteiger partial charge in [0.1, 0.15) is 5.82 Å². The van der Waals surface area contributed by atoms with Crippen LogP contribution in [-0.2, 0) is 11.3 Å². The number of carbonyl (C=O) groups is 2. The van der Waals surface area contributed by atoms with Crippen molar-refractivity contribution in [2.24, 2.45) is 0 Å². The average Bonchev–Trinajstić information content (AvgIpc) is 3.18. The third-order valence-electron chi connectivity index (χ3n) is 4.74. The van der Waals surface area contributed by atoms with Crippen LogP contribution in [0.15, 0.2) is 60.8 Å². The van der Waals surface area contributed by atoms with Crippen molar-refractivity contribution >= 4 is 34.9 Å². The molecule has 0 fully saturated rings. The summed E-state index contributed by atoms with van der Waals surface area (Å²) in [6, 6.07) is 16.6. The summed E-state index contributed by atoms with van der Waals surface area (Å²) < 4.78 is 1.75. The van der Waals surface area contributed by atoms with Crippen LogP contribution >= 0.6 is 11.6 Å². The topological polar surface area (TPSA) is 79.3 Å². The lowest BCUT2D eigenvalue weighted by Gasteiger charge is -2.13. The molecule has 0 spiro atoms. The Bertz CT molecular complexity index is 1010. The van der Waals surface area contributed by atoms with E-state index in [0.29, 0.717) is 42.3 Å². The molecule has 0 unspecified atom stereocenters. The van der Waals surface area contributed by atoms with Gasteiger partial charge in [-0.15, -0.1) is 0 Å². The van der Waals surface area contributed by atoms with Crippen LogP contribution in [0.4, 0.5) is 11.5 Å². The minimum absolute atomic E-state index is 0.120. The van der Waals surface area contributed by atoms with Crippen molar-refractivity contribution in [3.05, 3.63) is 76.9 Å². The van der Waals surface area contributed by atoms with Gasteiger partial charge >= 0.3 is 0 Å². The summed E-state index contributed by atoms with van der Waals surface area (Å²) in [6.07, 6.45) is 2.49. The molecule has 0 aliphatic rings. The van der Waals surface area contributed by atoms with Crippen LogP contribution < -0.4 is 15.5 Å². The molecule has 0 saturated heterocycles. The second-order valence-corrected chi connectivity index (χ2v) is 7.79. The van der Waals surface area contributed by atoms with Crippen LogP contribution in [0, 0.1) is 0 Å². The first-order chi connectivity index (χ1) is 14.9. The predicted molar refractivity (Wildman–Crippen MR) is 124 cm³/mol. The first kappa shape index (κ1) is 22.4. The quantitative estimate of drug-likeness (QED) is 0.497. The van der Waals surface area contributed by atoms with Gasteiger partial charge in [0, 0.05) is 49.4 Å². The maximum absolute atomic E-state index is 12.3. The molecule has 1 heterocycles. The fraction of sp³-hybridized carbons (Fsp3) is 0.261. The number of hydrogen-bond acceptors (Lipinski definition) is 4. The first-order valence-corrected chi connectivity index (χ1v) is 10.4. The van der Waals surface area contributed by atoms with Crippen LogP contribution in [-0.4, -0.2) is 42.2 Å². The SMILES string of the molecule is CN(C)c1ccc(Cn2nccc2NC(=O)CCCNC(=O)c2ccc(Cl)cc2)cc1. The van der Waals surface area contributed by atoms with Crippen molar-refractivity contribution in [1.82, 2.24) is 15.1 Å². The van der Waals surface area contributed by atoms with Gasteiger partial charge in [-0.05, 0) is 48.4 Å². The number of benzene rings is 2. The first-order valence-electron chi connectivity index (χ1n) is 10.0. The molecule has 0 saturated carbocycles. The lowest BCUT2D eigenvalue weighted by molar-refractivity contribution is -0.116. The van der Waals surface area contributed by atoms with E-state index in [1.807, 2.05) is 31.1 Å². The summed E-state index contributed by atoms with van der Waals surface area (Å²) in [7, 11) is 4.00. The summed E-state index contributed by atoms with van der Waals surface area (Å²) in [4.78, 5) is 26.4. The Labute approximate surface area is 187 Å². The zero-order valence-corrected chi connectivity index (χ0v) is 18.4. The average molecular weight is 440 g/mol. The van der Waals surface area contributed by atoms with Crippen molar-refractivity contribution in [3.8, 4) is 0 Å². The molecule has 1 aromatic heterocycles. The summed E-state index contributed by atoms with van der Waals surface area (Å²) in [5.41, 5.74) is 2.76. The second-order valence-electron chi connectivity index (χ2n) is 7.35. The van der Waals surface area contributed by atoms with E-state index in [9.17, 15) is 9.59 Å². The van der Waals surface area contributed by atoms with E-state index in [1.165, 1.54) is 0 Å². The molecular weight excluding hydrogens is 414 g/mol. The monoisotopic (exact) mass is 439 g/mol. The Morgan fingerprint density at radius 2 is 1.74 bits per heavy atom. The van der Waals surface area contributed by atoms with Gasteiger partial charge in [-0.2, -0.15) is 5.10 Å². The molecule has 162 valence electrons. The number of anilines is 2. The molecule has 3 aromatic rings. The van der Waals surface area contributed by atoms with Crippen molar-refractivity contribution in [2.45, 2.75) is 19.4 Å². The van der Waals surface area contributed by atoms with E-state index in [1.54, 1.807) is 41.2 Å². The molecule has 0 aliphatic carbocycles. The van der Waals surface area contributed by atoms with Gasteiger partial charge in [-0.25, -0.2) is 4.68 Å². The molecule has 2 aromatic carbocycles. The van der Waals surface area contributed by atoms with E-state index in [2.05, 4.69) is 27.9 Å². The molecule has 2 N–H and O–H groups in total. The van der Waals surface area contributed by atoms with Crippen molar-refractivity contribution in [2.75, 3.05) is 30.9 Å². The predicted octanol–water partition coefficient (Wildman–Crippen LogP) is 3.80. The van der Waals surface area contributed by atoms with Crippen LogP contribution in [0.5, 0.6) is 0 Å². The number of carbonyl (C=O) groups excluding carboxylic acids is 2. The zero-order valence-electron chi connectivity index (χ0n) is 17.6. The minimum Gasteiger partial charge on any atom is -0.378 e. The maximum atomic E-state index is 12.3. The molecular formula is C23H26ClN5O2. The van der Waals surface area contributed by atoms with Crippen molar-refractivity contribution < 1.29 is 9.59 Å². The molecule has 2 amide bonds. The highest BCUT2D eigenvalue weighted by Crippen LogP contribution is 2.15. The van der Waals surface area contributed by atoms with Crippen LogP contribution in [0.3, 0.4) is 0 Å². The molecule has 3 rings (SSSR count). The Kier molecular flexibility index (Phi) is 7.67.